The molecule has 0 aliphatic carbocycles. The first-order chi connectivity index (χ1) is 18.3. The summed E-state index contributed by atoms with van der Waals surface area (Å²) in [6.07, 6.45) is -1.29. The molecular weight excluding hydrogens is 534 g/mol. The second-order valence-corrected chi connectivity index (χ2v) is 9.17. The van der Waals surface area contributed by atoms with Crippen molar-refractivity contribution in [2.45, 2.75) is 19.5 Å². The third-order valence-electron chi connectivity index (χ3n) is 5.75. The first-order valence-corrected chi connectivity index (χ1v) is 12.6. The molecule has 0 radical (unpaired) electrons. The number of amides is 1. The molecule has 198 valence electrons. The Bertz CT molecular complexity index is 1400. The maximum atomic E-state index is 14.1. The van der Waals surface area contributed by atoms with Gasteiger partial charge in [0.25, 0.3) is 5.91 Å². The summed E-state index contributed by atoms with van der Waals surface area (Å²) in [5.74, 6) is -1.18. The fourth-order valence-electron chi connectivity index (χ4n) is 4.06. The summed E-state index contributed by atoms with van der Waals surface area (Å²) in [7, 11) is 1.51. The molecule has 1 atom stereocenters. The Balaban J connectivity index is 1.78. The quantitative estimate of drug-likeness (QED) is 0.361. The van der Waals surface area contributed by atoms with Crippen LogP contribution in [0.25, 0.3) is 0 Å². The first-order valence-electron chi connectivity index (χ1n) is 11.9. The van der Waals surface area contributed by atoms with E-state index in [9.17, 15) is 14.0 Å². The highest BCUT2D eigenvalue weighted by Gasteiger charge is 2.30. The van der Waals surface area contributed by atoms with Gasteiger partial charge in [0, 0.05) is 24.1 Å². The summed E-state index contributed by atoms with van der Waals surface area (Å²) in [6.45, 7) is 2.58. The molecule has 0 spiro atoms. The summed E-state index contributed by atoms with van der Waals surface area (Å²) < 4.78 is 30.4. The normalized spacial score (nSPS) is 14.8. The van der Waals surface area contributed by atoms with E-state index < -0.39 is 17.9 Å². The molecule has 0 aromatic heterocycles. The van der Waals surface area contributed by atoms with Crippen molar-refractivity contribution in [3.8, 4) is 11.5 Å². The molecule has 1 N–H and O–H groups in total. The maximum absolute atomic E-state index is 14.1. The van der Waals surface area contributed by atoms with Crippen molar-refractivity contribution in [3.63, 3.8) is 0 Å². The number of nitrogens with zero attached hydrogens (tertiary/aromatic N) is 1. The number of benzene rings is 3. The number of ketones is 1. The molecule has 0 fully saturated rings. The lowest BCUT2D eigenvalue weighted by atomic mass is 9.95. The average Bonchev–Trinajstić information content (AvgIpc) is 3.01. The Hall–Kier alpha value is -3.46. The molecular formula is C28H25Cl2FN2O5. The van der Waals surface area contributed by atoms with Crippen molar-refractivity contribution in [3.05, 3.63) is 92.7 Å². The number of ether oxygens (including phenoxy) is 3. The largest absolute Gasteiger partial charge is 0.493 e. The predicted octanol–water partition coefficient (Wildman–Crippen LogP) is 5.28. The molecule has 0 unspecified atom stereocenters. The van der Waals surface area contributed by atoms with E-state index in [4.69, 9.17) is 37.4 Å². The summed E-state index contributed by atoms with van der Waals surface area (Å²) in [5.41, 5.74) is 2.09. The number of fused-ring (bicyclic) bond motifs is 1. The van der Waals surface area contributed by atoms with Gasteiger partial charge >= 0.3 is 0 Å². The van der Waals surface area contributed by atoms with E-state index in [1.165, 1.54) is 19.2 Å². The second-order valence-electron chi connectivity index (χ2n) is 8.33. The van der Waals surface area contributed by atoms with Crippen LogP contribution in [0.1, 0.15) is 34.0 Å². The first kappa shape index (κ1) is 27.6. The van der Waals surface area contributed by atoms with E-state index >= 15 is 0 Å². The van der Waals surface area contributed by atoms with Crippen molar-refractivity contribution < 1.29 is 28.2 Å². The highest BCUT2D eigenvalue weighted by molar-refractivity contribution is 6.38. The molecule has 3 aromatic carbocycles. The van der Waals surface area contributed by atoms with Crippen LogP contribution in [0.4, 0.5) is 4.39 Å². The van der Waals surface area contributed by atoms with Gasteiger partial charge in [-0.05, 0) is 42.8 Å². The van der Waals surface area contributed by atoms with Gasteiger partial charge in [0.05, 0.1) is 35.1 Å². The Labute approximate surface area is 229 Å². The fourth-order valence-corrected chi connectivity index (χ4v) is 4.63. The second kappa shape index (κ2) is 12.4. The molecule has 0 saturated heterocycles. The van der Waals surface area contributed by atoms with Gasteiger partial charge in [0.15, 0.2) is 11.9 Å². The van der Waals surface area contributed by atoms with Gasteiger partial charge in [0.2, 0.25) is 0 Å². The number of aliphatic imine (C=N–C) groups is 1. The zero-order valence-corrected chi connectivity index (χ0v) is 22.2. The van der Waals surface area contributed by atoms with E-state index in [0.29, 0.717) is 39.8 Å². The van der Waals surface area contributed by atoms with Crippen LogP contribution >= 0.6 is 23.2 Å². The zero-order chi connectivity index (χ0) is 27.2. The van der Waals surface area contributed by atoms with Crippen molar-refractivity contribution >= 4 is 40.6 Å². The average molecular weight is 559 g/mol. The van der Waals surface area contributed by atoms with Crippen LogP contribution < -0.4 is 14.8 Å². The molecule has 3 aromatic rings. The van der Waals surface area contributed by atoms with Gasteiger partial charge in [-0.3, -0.25) is 14.6 Å². The lowest BCUT2D eigenvalue weighted by molar-refractivity contribution is -0.120. The minimum absolute atomic E-state index is 0.00361. The lowest BCUT2D eigenvalue weighted by Crippen LogP contribution is -2.40. The van der Waals surface area contributed by atoms with Crippen LogP contribution in [0.2, 0.25) is 10.0 Å². The Morgan fingerprint density at radius 2 is 1.87 bits per heavy atom. The fraction of sp³-hybridized carbons (Fsp3) is 0.250. The van der Waals surface area contributed by atoms with Crippen LogP contribution in [0, 0.1) is 5.82 Å². The Morgan fingerprint density at radius 3 is 2.63 bits per heavy atom. The molecule has 1 amide bonds. The topological polar surface area (TPSA) is 86.2 Å². The smallest absolute Gasteiger partial charge is 0.257 e. The predicted molar refractivity (Wildman–Crippen MR) is 143 cm³/mol. The molecule has 1 aliphatic rings. The highest BCUT2D eigenvalue weighted by Crippen LogP contribution is 2.35. The maximum Gasteiger partial charge on any atom is 0.257 e. The number of Topliss-reactive ketones (excluding diaryl/α,β-unsaturated/α-hetero) is 1. The van der Waals surface area contributed by atoms with E-state index in [1.807, 2.05) is 31.2 Å². The van der Waals surface area contributed by atoms with E-state index in [1.54, 1.807) is 12.1 Å². The third-order valence-corrected chi connectivity index (χ3v) is 6.27. The molecule has 1 aliphatic heterocycles. The summed E-state index contributed by atoms with van der Waals surface area (Å²) in [6, 6.07) is 14.0. The number of carbonyl (C=O) groups is 2. The number of carbonyl (C=O) groups excluding carboxylic acids is 2. The van der Waals surface area contributed by atoms with Crippen molar-refractivity contribution in [2.75, 3.05) is 26.9 Å². The summed E-state index contributed by atoms with van der Waals surface area (Å²) >= 11 is 12.8. The number of hydrogen-bond acceptors (Lipinski definition) is 6. The number of halogens is 3. The van der Waals surface area contributed by atoms with Gasteiger partial charge in [-0.25, -0.2) is 4.39 Å². The molecule has 0 saturated carbocycles. The zero-order valence-electron chi connectivity index (χ0n) is 20.7. The molecule has 0 bridgehead atoms. The molecule has 7 nitrogen and oxygen atoms in total. The van der Waals surface area contributed by atoms with Gasteiger partial charge in [-0.1, -0.05) is 47.5 Å². The van der Waals surface area contributed by atoms with Crippen LogP contribution in [-0.4, -0.2) is 50.5 Å². The molecule has 10 heteroatoms. The Kier molecular flexibility index (Phi) is 8.99. The number of nitrogens with one attached hydrogen (secondary N) is 1. The standard InChI is InChI=1S/C28H25Cl2FN2O5/c1-3-37-24-14-17(29)13-21(30)25(24)26-19-7-5-4-6-16(19)12-22(34)27(32-26)33-28(35)20-15-18(31)8-9-23(20)38-11-10-36-2/h4-9,13-15,27H,3,10-12H2,1-2H3,(H,33,35)/t27-/m0/s1. The van der Waals surface area contributed by atoms with E-state index in [0.717, 1.165) is 6.07 Å². The molecule has 4 rings (SSSR count). The monoisotopic (exact) mass is 558 g/mol. The van der Waals surface area contributed by atoms with Crippen LogP contribution in [0.15, 0.2) is 59.6 Å². The molecule has 38 heavy (non-hydrogen) atoms. The van der Waals surface area contributed by atoms with E-state index in [2.05, 4.69) is 10.3 Å². The number of rotatable bonds is 9. The number of methoxy groups -OCH3 is 1. The minimum Gasteiger partial charge on any atom is -0.493 e. The third kappa shape index (κ3) is 6.15. The summed E-state index contributed by atoms with van der Waals surface area (Å²) in [5, 5.41) is 3.28. The van der Waals surface area contributed by atoms with Gasteiger partial charge in [-0.15, -0.1) is 0 Å². The van der Waals surface area contributed by atoms with E-state index in [-0.39, 0.29) is 41.8 Å². The van der Waals surface area contributed by atoms with Crippen molar-refractivity contribution in [1.82, 2.24) is 5.32 Å². The minimum atomic E-state index is -1.29. The van der Waals surface area contributed by atoms with Gasteiger partial charge < -0.3 is 19.5 Å². The van der Waals surface area contributed by atoms with Crippen molar-refractivity contribution in [1.29, 1.82) is 0 Å². The Morgan fingerprint density at radius 1 is 1.08 bits per heavy atom. The molecule has 1 heterocycles. The SMILES string of the molecule is CCOc1cc(Cl)cc(Cl)c1C1=N[C@@H](NC(=O)c2cc(F)ccc2OCCOC)C(=O)Cc2ccccc21. The highest BCUT2D eigenvalue weighted by atomic mass is 35.5. The van der Waals surface area contributed by atoms with Gasteiger partial charge in [-0.2, -0.15) is 0 Å². The van der Waals surface area contributed by atoms with Crippen molar-refractivity contribution in [2.24, 2.45) is 4.99 Å². The lowest BCUT2D eigenvalue weighted by Gasteiger charge is -2.18. The summed E-state index contributed by atoms with van der Waals surface area (Å²) in [4.78, 5) is 31.3. The van der Waals surface area contributed by atoms with Crippen LogP contribution in [0.5, 0.6) is 11.5 Å². The number of hydrogen-bond donors (Lipinski definition) is 1. The van der Waals surface area contributed by atoms with Gasteiger partial charge in [0.1, 0.15) is 23.9 Å². The van der Waals surface area contributed by atoms with Crippen LogP contribution in [0.3, 0.4) is 0 Å². The van der Waals surface area contributed by atoms with Crippen LogP contribution in [-0.2, 0) is 16.0 Å².